The summed E-state index contributed by atoms with van der Waals surface area (Å²) < 4.78 is 0. The van der Waals surface area contributed by atoms with E-state index in [-0.39, 0.29) is 11.8 Å². The third-order valence-corrected chi connectivity index (χ3v) is 4.08. The van der Waals surface area contributed by atoms with Gasteiger partial charge in [0, 0.05) is 13.1 Å². The lowest BCUT2D eigenvalue weighted by molar-refractivity contribution is -0.162. The number of carbonyl (C=O) groups excluding carboxylic acids is 2. The van der Waals surface area contributed by atoms with E-state index in [1.807, 2.05) is 6.92 Å². The highest BCUT2D eigenvalue weighted by atomic mass is 16.3. The van der Waals surface area contributed by atoms with Crippen LogP contribution in [0.25, 0.3) is 0 Å². The van der Waals surface area contributed by atoms with E-state index >= 15 is 0 Å². The van der Waals surface area contributed by atoms with Crippen molar-refractivity contribution >= 4 is 11.9 Å². The Labute approximate surface area is 113 Å². The van der Waals surface area contributed by atoms with Crippen LogP contribution in [0.2, 0.25) is 0 Å². The first-order chi connectivity index (χ1) is 8.95. The fraction of sp³-hybridized carbons (Fsp3) is 0.846. The SMILES string of the molecule is CCCC1(O)CN(C(=O)C2CCCN(C(N)=O)C2)C1. The van der Waals surface area contributed by atoms with E-state index in [2.05, 4.69) is 0 Å². The second-order valence-corrected chi connectivity index (χ2v) is 5.79. The molecule has 6 heteroatoms. The fourth-order valence-corrected chi connectivity index (χ4v) is 3.08. The van der Waals surface area contributed by atoms with E-state index in [1.165, 1.54) is 4.90 Å². The predicted octanol–water partition coefficient (Wildman–Crippen LogP) is 0.151. The lowest BCUT2D eigenvalue weighted by atomic mass is 9.87. The zero-order valence-corrected chi connectivity index (χ0v) is 11.5. The van der Waals surface area contributed by atoms with Gasteiger partial charge in [-0.15, -0.1) is 0 Å². The number of hydrogen-bond acceptors (Lipinski definition) is 3. The molecule has 0 bridgehead atoms. The molecule has 1 atom stereocenters. The minimum Gasteiger partial charge on any atom is -0.386 e. The molecule has 2 saturated heterocycles. The van der Waals surface area contributed by atoms with Crippen molar-refractivity contribution in [2.75, 3.05) is 26.2 Å². The van der Waals surface area contributed by atoms with E-state index in [0.29, 0.717) is 26.2 Å². The molecule has 2 heterocycles. The summed E-state index contributed by atoms with van der Waals surface area (Å²) in [4.78, 5) is 26.7. The summed E-state index contributed by atoms with van der Waals surface area (Å²) in [7, 11) is 0. The third kappa shape index (κ3) is 3.00. The van der Waals surface area contributed by atoms with Gasteiger partial charge in [-0.05, 0) is 19.3 Å². The van der Waals surface area contributed by atoms with Crippen molar-refractivity contribution in [3.8, 4) is 0 Å². The smallest absolute Gasteiger partial charge is 0.314 e. The van der Waals surface area contributed by atoms with Gasteiger partial charge in [-0.3, -0.25) is 4.79 Å². The Kier molecular flexibility index (Phi) is 3.99. The lowest BCUT2D eigenvalue weighted by Crippen LogP contribution is -2.65. The highest BCUT2D eigenvalue weighted by molar-refractivity contribution is 5.81. The van der Waals surface area contributed by atoms with Crippen LogP contribution >= 0.6 is 0 Å². The van der Waals surface area contributed by atoms with Gasteiger partial charge in [-0.2, -0.15) is 0 Å². The zero-order valence-electron chi connectivity index (χ0n) is 11.5. The minimum atomic E-state index is -0.692. The summed E-state index contributed by atoms with van der Waals surface area (Å²) in [6, 6.07) is -0.455. The van der Waals surface area contributed by atoms with Crippen molar-refractivity contribution in [2.45, 2.75) is 38.2 Å². The van der Waals surface area contributed by atoms with Gasteiger partial charge in [0.1, 0.15) is 0 Å². The molecule has 0 aromatic rings. The monoisotopic (exact) mass is 269 g/mol. The molecule has 2 aliphatic rings. The molecule has 2 aliphatic heterocycles. The predicted molar refractivity (Wildman–Crippen MR) is 70.3 cm³/mol. The molecule has 1 unspecified atom stereocenters. The zero-order chi connectivity index (χ0) is 14.0. The molecule has 0 spiro atoms. The summed E-state index contributed by atoms with van der Waals surface area (Å²) in [5.74, 6) is -0.112. The number of amides is 3. The first-order valence-electron chi connectivity index (χ1n) is 7.01. The summed E-state index contributed by atoms with van der Waals surface area (Å²) in [6.07, 6.45) is 3.25. The largest absolute Gasteiger partial charge is 0.386 e. The molecule has 108 valence electrons. The molecular weight excluding hydrogens is 246 g/mol. The first-order valence-corrected chi connectivity index (χ1v) is 7.01. The summed E-state index contributed by atoms with van der Waals surface area (Å²) in [5.41, 5.74) is 4.56. The maximum Gasteiger partial charge on any atom is 0.314 e. The molecule has 0 aliphatic carbocycles. The quantitative estimate of drug-likeness (QED) is 0.764. The van der Waals surface area contributed by atoms with Crippen molar-refractivity contribution in [1.82, 2.24) is 9.80 Å². The number of carbonyl (C=O) groups is 2. The number of urea groups is 1. The van der Waals surface area contributed by atoms with Gasteiger partial charge >= 0.3 is 6.03 Å². The normalized spacial score (nSPS) is 25.9. The Balaban J connectivity index is 1.86. The van der Waals surface area contributed by atoms with E-state index in [0.717, 1.165) is 25.7 Å². The van der Waals surface area contributed by atoms with E-state index < -0.39 is 11.6 Å². The van der Waals surface area contributed by atoms with Crippen molar-refractivity contribution in [2.24, 2.45) is 11.7 Å². The molecule has 0 aromatic heterocycles. The van der Waals surface area contributed by atoms with Gasteiger partial charge in [0.15, 0.2) is 0 Å². The van der Waals surface area contributed by atoms with Crippen molar-refractivity contribution in [3.05, 3.63) is 0 Å². The van der Waals surface area contributed by atoms with Crippen LogP contribution in [0, 0.1) is 5.92 Å². The van der Waals surface area contributed by atoms with Crippen LogP contribution in [0.5, 0.6) is 0 Å². The highest BCUT2D eigenvalue weighted by Gasteiger charge is 2.44. The lowest BCUT2D eigenvalue weighted by Gasteiger charge is -2.48. The second kappa shape index (κ2) is 5.36. The number of rotatable bonds is 3. The molecule has 2 rings (SSSR count). The summed E-state index contributed by atoms with van der Waals surface area (Å²) >= 11 is 0. The molecule has 3 N–H and O–H groups in total. The van der Waals surface area contributed by atoms with Gasteiger partial charge in [0.05, 0.1) is 24.6 Å². The minimum absolute atomic E-state index is 0.0479. The molecule has 0 aromatic carbocycles. The van der Waals surface area contributed by atoms with E-state index in [9.17, 15) is 14.7 Å². The first kappa shape index (κ1) is 14.1. The van der Waals surface area contributed by atoms with Crippen LogP contribution in [0.1, 0.15) is 32.6 Å². The summed E-state index contributed by atoms with van der Waals surface area (Å²) in [6.45, 7) is 3.92. The van der Waals surface area contributed by atoms with Gasteiger partial charge < -0.3 is 20.6 Å². The highest BCUT2D eigenvalue weighted by Crippen LogP contribution is 2.29. The molecule has 3 amide bonds. The van der Waals surface area contributed by atoms with Crippen LogP contribution in [0.4, 0.5) is 4.79 Å². The van der Waals surface area contributed by atoms with Gasteiger partial charge in [-0.1, -0.05) is 13.3 Å². The number of piperidine rings is 1. The average Bonchev–Trinajstić information content (AvgIpc) is 2.35. The number of primary amides is 1. The Bertz CT molecular complexity index is 366. The van der Waals surface area contributed by atoms with E-state index in [1.54, 1.807) is 4.90 Å². The number of hydrogen-bond donors (Lipinski definition) is 2. The summed E-state index contributed by atoms with van der Waals surface area (Å²) in [5, 5.41) is 10.1. The number of nitrogens with two attached hydrogens (primary N) is 1. The Morgan fingerprint density at radius 2 is 2.05 bits per heavy atom. The maximum atomic E-state index is 12.3. The molecule has 6 nitrogen and oxygen atoms in total. The standard InChI is InChI=1S/C13H23N3O3/c1-2-5-13(19)8-16(9-13)11(17)10-4-3-6-15(7-10)12(14)18/h10,19H,2-9H2,1H3,(H2,14,18). The van der Waals surface area contributed by atoms with Gasteiger partial charge in [-0.25, -0.2) is 4.79 Å². The number of nitrogens with zero attached hydrogens (tertiary/aromatic N) is 2. The van der Waals surface area contributed by atoms with Crippen molar-refractivity contribution in [1.29, 1.82) is 0 Å². The van der Waals surface area contributed by atoms with Crippen LogP contribution in [-0.4, -0.2) is 58.6 Å². The number of β-amino-alcohol motifs (C(OH)–C–C–N with tert-alkyl or cyclic N) is 1. The van der Waals surface area contributed by atoms with Gasteiger partial charge in [0.25, 0.3) is 0 Å². The van der Waals surface area contributed by atoms with Crippen LogP contribution < -0.4 is 5.73 Å². The van der Waals surface area contributed by atoms with E-state index in [4.69, 9.17) is 5.73 Å². The number of likely N-dealkylation sites (tertiary alicyclic amines) is 2. The Morgan fingerprint density at radius 3 is 2.63 bits per heavy atom. The van der Waals surface area contributed by atoms with Crippen LogP contribution in [0.3, 0.4) is 0 Å². The molecule has 0 radical (unpaired) electrons. The van der Waals surface area contributed by atoms with Crippen molar-refractivity contribution in [3.63, 3.8) is 0 Å². The maximum absolute atomic E-state index is 12.3. The fourth-order valence-electron chi connectivity index (χ4n) is 3.08. The third-order valence-electron chi connectivity index (χ3n) is 4.08. The molecular formula is C13H23N3O3. The Morgan fingerprint density at radius 1 is 1.37 bits per heavy atom. The molecule has 19 heavy (non-hydrogen) atoms. The van der Waals surface area contributed by atoms with Crippen LogP contribution in [0.15, 0.2) is 0 Å². The average molecular weight is 269 g/mol. The number of aliphatic hydroxyl groups is 1. The Hall–Kier alpha value is -1.30. The molecule has 0 saturated carbocycles. The molecule has 2 fully saturated rings. The van der Waals surface area contributed by atoms with Crippen LogP contribution in [-0.2, 0) is 4.79 Å². The van der Waals surface area contributed by atoms with Gasteiger partial charge in [0.2, 0.25) is 5.91 Å². The second-order valence-electron chi connectivity index (χ2n) is 5.79. The topological polar surface area (TPSA) is 86.9 Å². The van der Waals surface area contributed by atoms with Crippen molar-refractivity contribution < 1.29 is 14.7 Å².